The summed E-state index contributed by atoms with van der Waals surface area (Å²) < 4.78 is 5.20. The summed E-state index contributed by atoms with van der Waals surface area (Å²) in [4.78, 5) is 16.2. The van der Waals surface area contributed by atoms with Crippen LogP contribution in [0.1, 0.15) is 25.3 Å². The fraction of sp³-hybridized carbons (Fsp3) is 0.500. The van der Waals surface area contributed by atoms with E-state index in [0.717, 1.165) is 30.7 Å². The molecule has 0 aromatic heterocycles. The topological polar surface area (TPSA) is 74.8 Å². The predicted octanol–water partition coefficient (Wildman–Crippen LogP) is 1.65. The van der Waals surface area contributed by atoms with E-state index in [2.05, 4.69) is 20.9 Å². The van der Waals surface area contributed by atoms with E-state index in [1.54, 1.807) is 7.11 Å². The molecule has 2 rings (SSSR count). The molecule has 0 radical (unpaired) electrons. The van der Waals surface area contributed by atoms with E-state index in [0.29, 0.717) is 18.5 Å². The first-order valence-electron chi connectivity index (χ1n) is 7.65. The largest absolute Gasteiger partial charge is 0.497 e. The number of nitrogens with one attached hydrogen (secondary N) is 3. The zero-order valence-corrected chi connectivity index (χ0v) is 15.9. The molecular weight excluding hydrogens is 407 g/mol. The fourth-order valence-electron chi connectivity index (χ4n) is 1.95. The van der Waals surface area contributed by atoms with Crippen LogP contribution >= 0.6 is 24.0 Å². The minimum absolute atomic E-state index is 0. The van der Waals surface area contributed by atoms with Crippen LogP contribution in [0, 0.1) is 0 Å². The molecule has 1 aromatic rings. The second kappa shape index (κ2) is 10.3. The lowest BCUT2D eigenvalue weighted by atomic mass is 10.2. The number of benzene rings is 1. The summed E-state index contributed by atoms with van der Waals surface area (Å²) in [7, 11) is 1.65. The van der Waals surface area contributed by atoms with Crippen molar-refractivity contribution >= 4 is 35.8 Å². The molecule has 7 heteroatoms. The fourth-order valence-corrected chi connectivity index (χ4v) is 1.95. The van der Waals surface area contributed by atoms with Gasteiger partial charge in [0.15, 0.2) is 5.96 Å². The van der Waals surface area contributed by atoms with Crippen LogP contribution in [0.4, 0.5) is 0 Å². The number of aliphatic imine (C=N–C) groups is 1. The third-order valence-electron chi connectivity index (χ3n) is 3.26. The van der Waals surface area contributed by atoms with E-state index in [9.17, 15) is 4.79 Å². The van der Waals surface area contributed by atoms with Gasteiger partial charge in [-0.05, 0) is 37.5 Å². The van der Waals surface area contributed by atoms with Crippen LogP contribution in [-0.4, -0.2) is 38.1 Å². The van der Waals surface area contributed by atoms with Crippen molar-refractivity contribution in [1.29, 1.82) is 0 Å². The Hall–Kier alpha value is -1.51. The molecule has 1 saturated carbocycles. The Morgan fingerprint density at radius 2 is 2.13 bits per heavy atom. The first kappa shape index (κ1) is 19.5. The molecule has 0 heterocycles. The lowest BCUT2D eigenvalue weighted by Crippen LogP contribution is -2.43. The van der Waals surface area contributed by atoms with Gasteiger partial charge < -0.3 is 20.7 Å². The molecule has 0 aliphatic heterocycles. The number of hydrogen-bond acceptors (Lipinski definition) is 3. The Morgan fingerprint density at radius 1 is 1.35 bits per heavy atom. The molecule has 0 spiro atoms. The van der Waals surface area contributed by atoms with Gasteiger partial charge in [-0.1, -0.05) is 12.1 Å². The van der Waals surface area contributed by atoms with Crippen molar-refractivity contribution in [2.45, 2.75) is 32.4 Å². The van der Waals surface area contributed by atoms with Crippen molar-refractivity contribution in [2.24, 2.45) is 4.99 Å². The SMILES string of the molecule is CCNC(=NCc1cccc(OC)c1)NCC(=O)NC1CC1.I. The number of carbonyl (C=O) groups excluding carboxylic acids is 1. The first-order chi connectivity index (χ1) is 10.7. The normalized spacial score (nSPS) is 13.7. The second-order valence-electron chi connectivity index (χ2n) is 5.24. The van der Waals surface area contributed by atoms with Gasteiger partial charge in [0, 0.05) is 12.6 Å². The van der Waals surface area contributed by atoms with E-state index in [1.165, 1.54) is 0 Å². The average Bonchev–Trinajstić information content (AvgIpc) is 3.34. The molecule has 1 aliphatic carbocycles. The Labute approximate surface area is 154 Å². The van der Waals surface area contributed by atoms with Gasteiger partial charge >= 0.3 is 0 Å². The molecule has 1 aliphatic rings. The van der Waals surface area contributed by atoms with Crippen molar-refractivity contribution in [3.8, 4) is 5.75 Å². The average molecular weight is 432 g/mol. The van der Waals surface area contributed by atoms with Crippen LogP contribution in [0.15, 0.2) is 29.3 Å². The second-order valence-corrected chi connectivity index (χ2v) is 5.24. The van der Waals surface area contributed by atoms with Crippen molar-refractivity contribution in [3.63, 3.8) is 0 Å². The molecule has 0 unspecified atom stereocenters. The number of nitrogens with zero attached hydrogens (tertiary/aromatic N) is 1. The standard InChI is InChI=1S/C16H24N4O2.HI/c1-3-17-16(19-11-15(21)20-13-7-8-13)18-10-12-5-4-6-14(9-12)22-2;/h4-6,9,13H,3,7-8,10-11H2,1-2H3,(H,20,21)(H2,17,18,19);1H. The zero-order valence-electron chi connectivity index (χ0n) is 13.6. The molecule has 3 N–H and O–H groups in total. The monoisotopic (exact) mass is 432 g/mol. The number of hydrogen-bond donors (Lipinski definition) is 3. The maximum Gasteiger partial charge on any atom is 0.239 e. The van der Waals surface area contributed by atoms with Gasteiger partial charge in [0.25, 0.3) is 0 Å². The quantitative estimate of drug-likeness (QED) is 0.348. The molecular formula is C16H25IN4O2. The summed E-state index contributed by atoms with van der Waals surface area (Å²) in [6.07, 6.45) is 2.19. The van der Waals surface area contributed by atoms with Crippen molar-refractivity contribution in [3.05, 3.63) is 29.8 Å². The molecule has 6 nitrogen and oxygen atoms in total. The number of methoxy groups -OCH3 is 1. The van der Waals surface area contributed by atoms with E-state index >= 15 is 0 Å². The van der Waals surface area contributed by atoms with Gasteiger partial charge in [0.1, 0.15) is 5.75 Å². The van der Waals surface area contributed by atoms with Crippen molar-refractivity contribution in [2.75, 3.05) is 20.2 Å². The summed E-state index contributed by atoms with van der Waals surface area (Å²) in [6.45, 7) is 3.50. The van der Waals surface area contributed by atoms with Crippen LogP contribution in [0.5, 0.6) is 5.75 Å². The Morgan fingerprint density at radius 3 is 2.78 bits per heavy atom. The highest BCUT2D eigenvalue weighted by Gasteiger charge is 2.22. The van der Waals surface area contributed by atoms with Gasteiger partial charge in [0.05, 0.1) is 20.2 Å². The highest BCUT2D eigenvalue weighted by Crippen LogP contribution is 2.18. The van der Waals surface area contributed by atoms with Crippen molar-refractivity contribution in [1.82, 2.24) is 16.0 Å². The highest BCUT2D eigenvalue weighted by atomic mass is 127. The highest BCUT2D eigenvalue weighted by molar-refractivity contribution is 14.0. The first-order valence-corrected chi connectivity index (χ1v) is 7.65. The maximum absolute atomic E-state index is 11.7. The maximum atomic E-state index is 11.7. The minimum Gasteiger partial charge on any atom is -0.497 e. The summed E-state index contributed by atoms with van der Waals surface area (Å²) in [5.74, 6) is 1.46. The Kier molecular flexibility index (Phi) is 8.75. The molecule has 0 saturated heterocycles. The van der Waals surface area contributed by atoms with Crippen LogP contribution < -0.4 is 20.7 Å². The number of rotatable bonds is 7. The molecule has 128 valence electrons. The number of guanidine groups is 1. The van der Waals surface area contributed by atoms with Crippen LogP contribution in [0.3, 0.4) is 0 Å². The summed E-state index contributed by atoms with van der Waals surface area (Å²) >= 11 is 0. The molecule has 1 amide bonds. The van der Waals surface area contributed by atoms with Crippen LogP contribution in [0.25, 0.3) is 0 Å². The summed E-state index contributed by atoms with van der Waals surface area (Å²) in [5, 5.41) is 9.12. The Balaban J connectivity index is 0.00000264. The molecule has 1 aromatic carbocycles. The van der Waals surface area contributed by atoms with Crippen molar-refractivity contribution < 1.29 is 9.53 Å². The molecule has 0 atom stereocenters. The van der Waals surface area contributed by atoms with Gasteiger partial charge in [-0.15, -0.1) is 24.0 Å². The third-order valence-corrected chi connectivity index (χ3v) is 3.26. The lowest BCUT2D eigenvalue weighted by Gasteiger charge is -2.11. The third kappa shape index (κ3) is 7.54. The predicted molar refractivity (Wildman–Crippen MR) is 102 cm³/mol. The van der Waals surface area contributed by atoms with Gasteiger partial charge in [-0.3, -0.25) is 4.79 Å². The molecule has 0 bridgehead atoms. The van der Waals surface area contributed by atoms with Crippen LogP contribution in [-0.2, 0) is 11.3 Å². The van der Waals surface area contributed by atoms with Gasteiger partial charge in [-0.25, -0.2) is 4.99 Å². The summed E-state index contributed by atoms with van der Waals surface area (Å²) in [6, 6.07) is 8.17. The van der Waals surface area contributed by atoms with Crippen LogP contribution in [0.2, 0.25) is 0 Å². The Bertz CT molecular complexity index is 533. The van der Waals surface area contributed by atoms with E-state index < -0.39 is 0 Å². The number of ether oxygens (including phenoxy) is 1. The van der Waals surface area contributed by atoms with E-state index in [-0.39, 0.29) is 36.4 Å². The molecule has 1 fully saturated rings. The van der Waals surface area contributed by atoms with Gasteiger partial charge in [-0.2, -0.15) is 0 Å². The summed E-state index contributed by atoms with van der Waals surface area (Å²) in [5.41, 5.74) is 1.05. The smallest absolute Gasteiger partial charge is 0.239 e. The van der Waals surface area contributed by atoms with E-state index in [4.69, 9.17) is 4.74 Å². The molecule has 23 heavy (non-hydrogen) atoms. The lowest BCUT2D eigenvalue weighted by molar-refractivity contribution is -0.120. The van der Waals surface area contributed by atoms with Gasteiger partial charge in [0.2, 0.25) is 5.91 Å². The zero-order chi connectivity index (χ0) is 15.8. The number of halogens is 1. The van der Waals surface area contributed by atoms with E-state index in [1.807, 2.05) is 31.2 Å². The number of carbonyl (C=O) groups is 1. The minimum atomic E-state index is 0. The number of amides is 1.